The summed E-state index contributed by atoms with van der Waals surface area (Å²) in [5.74, 6) is 0. The number of hydrogen-bond acceptors (Lipinski definition) is 5. The molecule has 0 radical (unpaired) electrons. The summed E-state index contributed by atoms with van der Waals surface area (Å²) >= 11 is 6.12. The van der Waals surface area contributed by atoms with E-state index in [0.717, 1.165) is 5.56 Å². The molecule has 2 heterocycles. The van der Waals surface area contributed by atoms with Crippen molar-refractivity contribution in [1.82, 2.24) is 9.55 Å². The van der Waals surface area contributed by atoms with E-state index in [4.69, 9.17) is 16.3 Å². The number of rotatable bonds is 7. The number of H-pyrrole nitrogens is 1. The second kappa shape index (κ2) is 9.05. The maximum absolute atomic E-state index is 12.1. The highest BCUT2D eigenvalue weighted by Gasteiger charge is 2.35. The van der Waals surface area contributed by atoms with Crippen LogP contribution in [0.1, 0.15) is 43.5 Å². The molecule has 3 N–H and O–H groups in total. The van der Waals surface area contributed by atoms with E-state index in [9.17, 15) is 19.8 Å². The van der Waals surface area contributed by atoms with E-state index in [0.29, 0.717) is 36.3 Å². The van der Waals surface area contributed by atoms with Crippen LogP contribution in [0.2, 0.25) is 5.02 Å². The first-order valence-electron chi connectivity index (χ1n) is 9.48. The van der Waals surface area contributed by atoms with E-state index in [1.807, 2.05) is 25.1 Å². The summed E-state index contributed by atoms with van der Waals surface area (Å²) < 4.78 is 7.18. The van der Waals surface area contributed by atoms with Gasteiger partial charge in [-0.25, -0.2) is 4.79 Å². The smallest absolute Gasteiger partial charge is 0.330 e. The number of ether oxygens (including phenoxy) is 1. The third-order valence-corrected chi connectivity index (χ3v) is 5.50. The zero-order chi connectivity index (χ0) is 20.3. The lowest BCUT2D eigenvalue weighted by atomic mass is 10.0. The Kier molecular flexibility index (Phi) is 6.72. The molecule has 1 aromatic carbocycles. The Morgan fingerprint density at radius 2 is 2.07 bits per heavy atom. The predicted molar refractivity (Wildman–Crippen MR) is 106 cm³/mol. The monoisotopic (exact) mass is 408 g/mol. The van der Waals surface area contributed by atoms with Crippen LogP contribution in [0.4, 0.5) is 0 Å². The van der Waals surface area contributed by atoms with Gasteiger partial charge in [-0.1, -0.05) is 36.7 Å². The number of benzene rings is 1. The molecule has 0 spiro atoms. The molecule has 0 bridgehead atoms. The van der Waals surface area contributed by atoms with Crippen molar-refractivity contribution in [2.45, 2.75) is 63.6 Å². The molecule has 7 nitrogen and oxygen atoms in total. The standard InChI is InChI=1S/C20H25ClN2O5/c1-2-12-11-23(20(27)22-19(12)26)18-10-16(25)17(28-18)8-7-14(24)9-13-5-3-4-6-15(13)21/h3-6,11,14,16-18,24-25H,2,7-10H2,1H3,(H,22,26,27)/t14?,16-,17+,18+/m0/s1. The summed E-state index contributed by atoms with van der Waals surface area (Å²) in [6.07, 6.45) is 1.03. The summed E-state index contributed by atoms with van der Waals surface area (Å²) in [7, 11) is 0. The first-order chi connectivity index (χ1) is 13.4. The van der Waals surface area contributed by atoms with Gasteiger partial charge in [0.25, 0.3) is 5.56 Å². The molecule has 0 saturated carbocycles. The summed E-state index contributed by atoms with van der Waals surface area (Å²) in [5, 5.41) is 21.2. The number of hydrogen-bond donors (Lipinski definition) is 3. The van der Waals surface area contributed by atoms with Crippen molar-refractivity contribution in [1.29, 1.82) is 0 Å². The molecule has 0 aliphatic carbocycles. The van der Waals surface area contributed by atoms with Gasteiger partial charge in [-0.2, -0.15) is 0 Å². The predicted octanol–water partition coefficient (Wildman–Crippen LogP) is 1.78. The second-order valence-corrected chi connectivity index (χ2v) is 7.54. The minimum atomic E-state index is -0.749. The Morgan fingerprint density at radius 1 is 1.32 bits per heavy atom. The first kappa shape index (κ1) is 20.8. The number of aromatic nitrogens is 2. The van der Waals surface area contributed by atoms with Crippen molar-refractivity contribution < 1.29 is 14.9 Å². The molecule has 1 unspecified atom stereocenters. The number of nitrogens with one attached hydrogen (secondary N) is 1. The zero-order valence-electron chi connectivity index (χ0n) is 15.7. The lowest BCUT2D eigenvalue weighted by Crippen LogP contribution is -2.34. The number of aliphatic hydroxyl groups excluding tert-OH is 2. The molecule has 28 heavy (non-hydrogen) atoms. The highest BCUT2D eigenvalue weighted by atomic mass is 35.5. The molecule has 1 saturated heterocycles. The molecule has 1 aliphatic heterocycles. The van der Waals surface area contributed by atoms with E-state index < -0.39 is 35.8 Å². The van der Waals surface area contributed by atoms with Crippen molar-refractivity contribution in [3.8, 4) is 0 Å². The van der Waals surface area contributed by atoms with Crippen molar-refractivity contribution >= 4 is 11.6 Å². The lowest BCUT2D eigenvalue weighted by Gasteiger charge is -2.18. The summed E-state index contributed by atoms with van der Waals surface area (Å²) in [6.45, 7) is 1.83. The van der Waals surface area contributed by atoms with Crippen LogP contribution >= 0.6 is 11.6 Å². The van der Waals surface area contributed by atoms with Gasteiger partial charge in [0.2, 0.25) is 0 Å². The Hall–Kier alpha value is -1.93. The van der Waals surface area contributed by atoms with E-state index in [2.05, 4.69) is 4.98 Å². The lowest BCUT2D eigenvalue weighted by molar-refractivity contribution is -0.0301. The molecule has 1 aromatic heterocycles. The van der Waals surface area contributed by atoms with E-state index in [-0.39, 0.29) is 6.42 Å². The Morgan fingerprint density at radius 3 is 2.79 bits per heavy atom. The number of aliphatic hydroxyl groups is 2. The summed E-state index contributed by atoms with van der Waals surface area (Å²) in [6, 6.07) is 7.36. The average molecular weight is 409 g/mol. The quantitative estimate of drug-likeness (QED) is 0.647. The van der Waals surface area contributed by atoms with Crippen LogP contribution in [0.25, 0.3) is 0 Å². The third kappa shape index (κ3) is 4.72. The molecule has 0 amide bonds. The fraction of sp³-hybridized carbons (Fsp3) is 0.500. The second-order valence-electron chi connectivity index (χ2n) is 7.13. The van der Waals surface area contributed by atoms with Gasteiger partial charge in [-0.15, -0.1) is 0 Å². The molecule has 1 fully saturated rings. The molecular formula is C20H25ClN2O5. The number of aryl methyl sites for hydroxylation is 1. The fourth-order valence-electron chi connectivity index (χ4n) is 3.52. The minimum absolute atomic E-state index is 0.250. The van der Waals surface area contributed by atoms with Crippen molar-refractivity contribution in [2.75, 3.05) is 0 Å². The number of halogens is 1. The molecule has 3 rings (SSSR count). The third-order valence-electron chi connectivity index (χ3n) is 5.13. The molecule has 4 atom stereocenters. The fourth-order valence-corrected chi connectivity index (χ4v) is 3.73. The molecule has 152 valence electrons. The number of nitrogens with zero attached hydrogens (tertiary/aromatic N) is 1. The van der Waals surface area contributed by atoms with E-state index >= 15 is 0 Å². The van der Waals surface area contributed by atoms with Crippen LogP contribution < -0.4 is 11.2 Å². The van der Waals surface area contributed by atoms with E-state index in [1.54, 1.807) is 6.07 Å². The van der Waals surface area contributed by atoms with Crippen LogP contribution in [0.3, 0.4) is 0 Å². The van der Waals surface area contributed by atoms with Gasteiger partial charge in [0, 0.05) is 23.2 Å². The van der Waals surface area contributed by atoms with Crippen LogP contribution in [0, 0.1) is 0 Å². The highest BCUT2D eigenvalue weighted by Crippen LogP contribution is 2.30. The van der Waals surface area contributed by atoms with Gasteiger partial charge in [0.05, 0.1) is 18.3 Å². The van der Waals surface area contributed by atoms with Gasteiger partial charge >= 0.3 is 5.69 Å². The maximum Gasteiger partial charge on any atom is 0.330 e. The molecular weight excluding hydrogens is 384 g/mol. The Balaban J connectivity index is 1.61. The van der Waals surface area contributed by atoms with Gasteiger partial charge in [-0.05, 0) is 37.3 Å². The maximum atomic E-state index is 12.1. The first-order valence-corrected chi connectivity index (χ1v) is 9.86. The molecule has 8 heteroatoms. The largest absolute Gasteiger partial charge is 0.393 e. The molecule has 1 aliphatic rings. The van der Waals surface area contributed by atoms with Crippen LogP contribution in [0.5, 0.6) is 0 Å². The Labute approximate surface area is 167 Å². The van der Waals surface area contributed by atoms with Crippen molar-refractivity contribution in [3.05, 3.63) is 67.4 Å². The van der Waals surface area contributed by atoms with Gasteiger partial charge in [0.15, 0.2) is 0 Å². The number of aromatic amines is 1. The zero-order valence-corrected chi connectivity index (χ0v) is 16.4. The van der Waals surface area contributed by atoms with Crippen molar-refractivity contribution in [2.24, 2.45) is 0 Å². The molecule has 2 aromatic rings. The topological polar surface area (TPSA) is 105 Å². The SMILES string of the molecule is CCc1cn([C@H]2C[C@H](O)[C@@H](CCC(O)Cc3ccccc3Cl)O2)c(=O)[nH]c1=O. The van der Waals surface area contributed by atoms with Gasteiger partial charge < -0.3 is 14.9 Å². The van der Waals surface area contributed by atoms with Crippen LogP contribution in [-0.4, -0.2) is 38.1 Å². The summed E-state index contributed by atoms with van der Waals surface area (Å²) in [5.41, 5.74) is 0.394. The van der Waals surface area contributed by atoms with Gasteiger partial charge in [-0.3, -0.25) is 14.3 Å². The average Bonchev–Trinajstić information content (AvgIpc) is 3.02. The minimum Gasteiger partial charge on any atom is -0.393 e. The van der Waals surface area contributed by atoms with Gasteiger partial charge in [0.1, 0.15) is 6.23 Å². The highest BCUT2D eigenvalue weighted by molar-refractivity contribution is 6.31. The van der Waals surface area contributed by atoms with Crippen LogP contribution in [-0.2, 0) is 17.6 Å². The normalized spacial score (nSPS) is 23.1. The summed E-state index contributed by atoms with van der Waals surface area (Å²) in [4.78, 5) is 26.1. The van der Waals surface area contributed by atoms with Crippen LogP contribution in [0.15, 0.2) is 40.1 Å². The Bertz CT molecular complexity index is 925. The van der Waals surface area contributed by atoms with Crippen molar-refractivity contribution in [3.63, 3.8) is 0 Å². The van der Waals surface area contributed by atoms with E-state index in [1.165, 1.54) is 10.8 Å².